The van der Waals surface area contributed by atoms with Gasteiger partial charge in [0.15, 0.2) is 5.82 Å². The first-order valence-electron chi connectivity index (χ1n) is 4.15. The fourth-order valence-electron chi connectivity index (χ4n) is 1.12. The van der Waals surface area contributed by atoms with Crippen LogP contribution in [0.3, 0.4) is 0 Å². The normalized spacial score (nSPS) is 10.5. The van der Waals surface area contributed by atoms with Gasteiger partial charge in [0.2, 0.25) is 0 Å². The third-order valence-electron chi connectivity index (χ3n) is 1.74. The van der Waals surface area contributed by atoms with E-state index in [2.05, 4.69) is 25.7 Å². The topological polar surface area (TPSA) is 72.3 Å². The van der Waals surface area contributed by atoms with Crippen molar-refractivity contribution in [1.82, 2.24) is 30.4 Å². The predicted molar refractivity (Wildman–Crippen MR) is 44.7 cm³/mol. The van der Waals surface area contributed by atoms with E-state index in [-0.39, 0.29) is 0 Å². The predicted octanol–water partition coefficient (Wildman–Crippen LogP) is 0.0290. The molecule has 1 N–H and O–H groups in total. The molecule has 0 bridgehead atoms. The molecule has 0 unspecified atom stereocenters. The molecule has 0 saturated carbocycles. The molecule has 2 aromatic rings. The van der Waals surface area contributed by atoms with Crippen LogP contribution in [0.5, 0.6) is 0 Å². The lowest BCUT2D eigenvalue weighted by molar-refractivity contribution is 0.571. The van der Waals surface area contributed by atoms with E-state index in [0.29, 0.717) is 0 Å². The van der Waals surface area contributed by atoms with E-state index in [4.69, 9.17) is 0 Å². The van der Waals surface area contributed by atoms with Crippen LogP contribution >= 0.6 is 0 Å². The molecule has 0 atom stereocenters. The smallest absolute Gasteiger partial charge is 0.174 e. The molecule has 2 aromatic heterocycles. The highest BCUT2D eigenvalue weighted by atomic mass is 15.5. The molecule has 13 heavy (non-hydrogen) atoms. The first-order chi connectivity index (χ1) is 6.45. The molecule has 0 aliphatic rings. The third-order valence-corrected chi connectivity index (χ3v) is 1.74. The minimum absolute atomic E-state index is 0.757. The van der Waals surface area contributed by atoms with Gasteiger partial charge < -0.3 is 0 Å². The van der Waals surface area contributed by atoms with Gasteiger partial charge >= 0.3 is 0 Å². The van der Waals surface area contributed by atoms with Crippen LogP contribution in [0.15, 0.2) is 18.5 Å². The lowest BCUT2D eigenvalue weighted by Crippen LogP contribution is -2.00. The Labute approximate surface area is 75.0 Å². The average molecular weight is 178 g/mol. The fourth-order valence-corrected chi connectivity index (χ4v) is 1.12. The minimum Gasteiger partial charge on any atom is -0.273 e. The van der Waals surface area contributed by atoms with Crippen molar-refractivity contribution in [2.24, 2.45) is 0 Å². The molecule has 0 aliphatic carbocycles. The van der Waals surface area contributed by atoms with E-state index in [1.54, 1.807) is 6.20 Å². The van der Waals surface area contributed by atoms with Crippen molar-refractivity contribution in [3.8, 4) is 0 Å². The van der Waals surface area contributed by atoms with E-state index in [0.717, 1.165) is 25.2 Å². The van der Waals surface area contributed by atoms with Crippen LogP contribution in [0.4, 0.5) is 0 Å². The number of tetrazole rings is 1. The van der Waals surface area contributed by atoms with Crippen molar-refractivity contribution in [2.45, 2.75) is 19.4 Å². The number of aromatic nitrogens is 6. The Bertz CT molecular complexity index is 290. The summed E-state index contributed by atoms with van der Waals surface area (Å²) in [5.74, 6) is 0.757. The van der Waals surface area contributed by atoms with Crippen molar-refractivity contribution in [3.63, 3.8) is 0 Å². The highest BCUT2D eigenvalue weighted by molar-refractivity contribution is 4.79. The molecule has 2 rings (SSSR count). The van der Waals surface area contributed by atoms with Crippen LogP contribution in [-0.4, -0.2) is 30.4 Å². The summed E-state index contributed by atoms with van der Waals surface area (Å²) >= 11 is 0. The molecule has 6 heteroatoms. The zero-order chi connectivity index (χ0) is 8.93. The summed E-state index contributed by atoms with van der Waals surface area (Å²) in [5.41, 5.74) is 0. The first-order valence-corrected chi connectivity index (χ1v) is 4.15. The van der Waals surface area contributed by atoms with Gasteiger partial charge in [-0.15, -0.1) is 10.2 Å². The van der Waals surface area contributed by atoms with Crippen molar-refractivity contribution < 1.29 is 0 Å². The van der Waals surface area contributed by atoms with Gasteiger partial charge in [-0.1, -0.05) is 5.21 Å². The summed E-state index contributed by atoms with van der Waals surface area (Å²) in [5, 5.41) is 17.7. The Balaban J connectivity index is 1.76. The Kier molecular flexibility index (Phi) is 2.31. The number of hydrogen-bond acceptors (Lipinski definition) is 4. The second-order valence-corrected chi connectivity index (χ2v) is 2.70. The van der Waals surface area contributed by atoms with E-state index in [9.17, 15) is 0 Å². The standard InChI is InChI=1S/C7H10N6/c1(3-7-9-11-12-10-7)5-13-6-2-4-8-13/h2,4,6H,1,3,5H2,(H,9,10,11,12). The monoisotopic (exact) mass is 178 g/mol. The zero-order valence-electron chi connectivity index (χ0n) is 7.09. The Morgan fingerprint density at radius 1 is 1.46 bits per heavy atom. The van der Waals surface area contributed by atoms with Gasteiger partial charge in [-0.3, -0.25) is 4.68 Å². The molecular weight excluding hydrogens is 168 g/mol. The van der Waals surface area contributed by atoms with E-state index < -0.39 is 0 Å². The lowest BCUT2D eigenvalue weighted by atomic mass is 10.3. The SMILES string of the molecule is c1cnn(CCCc2nn[nH]n2)c1. The molecule has 0 aliphatic heterocycles. The lowest BCUT2D eigenvalue weighted by Gasteiger charge is -1.97. The van der Waals surface area contributed by atoms with Crippen LogP contribution in [0, 0.1) is 0 Å². The van der Waals surface area contributed by atoms with Crippen molar-refractivity contribution in [2.75, 3.05) is 0 Å². The van der Waals surface area contributed by atoms with Gasteiger partial charge in [0.1, 0.15) is 0 Å². The maximum Gasteiger partial charge on any atom is 0.174 e. The van der Waals surface area contributed by atoms with Gasteiger partial charge in [-0.2, -0.15) is 10.3 Å². The number of aromatic amines is 1. The Morgan fingerprint density at radius 3 is 3.15 bits per heavy atom. The number of rotatable bonds is 4. The molecule has 2 heterocycles. The molecular formula is C7H10N6. The maximum absolute atomic E-state index is 4.09. The van der Waals surface area contributed by atoms with Crippen molar-refractivity contribution >= 4 is 0 Å². The van der Waals surface area contributed by atoms with Crippen LogP contribution in [0.2, 0.25) is 0 Å². The fraction of sp³-hybridized carbons (Fsp3) is 0.429. The number of nitrogens with zero attached hydrogens (tertiary/aromatic N) is 5. The Hall–Kier alpha value is -1.72. The molecule has 68 valence electrons. The number of aryl methyl sites for hydroxylation is 2. The first kappa shape index (κ1) is 7.90. The highest BCUT2D eigenvalue weighted by Gasteiger charge is 1.97. The quantitative estimate of drug-likeness (QED) is 0.716. The minimum atomic E-state index is 0.757. The second kappa shape index (κ2) is 3.79. The molecule has 0 spiro atoms. The second-order valence-electron chi connectivity index (χ2n) is 2.70. The largest absolute Gasteiger partial charge is 0.273 e. The summed E-state index contributed by atoms with van der Waals surface area (Å²) in [6, 6.07) is 1.91. The van der Waals surface area contributed by atoms with Gasteiger partial charge in [-0.25, -0.2) is 0 Å². The third kappa shape index (κ3) is 2.11. The summed E-state index contributed by atoms with van der Waals surface area (Å²) in [4.78, 5) is 0. The van der Waals surface area contributed by atoms with Crippen LogP contribution < -0.4 is 0 Å². The molecule has 0 saturated heterocycles. The molecule has 0 aromatic carbocycles. The summed E-state index contributed by atoms with van der Waals surface area (Å²) in [6.07, 6.45) is 5.52. The highest BCUT2D eigenvalue weighted by Crippen LogP contribution is 1.95. The van der Waals surface area contributed by atoms with Gasteiger partial charge in [0, 0.05) is 25.4 Å². The number of nitrogens with one attached hydrogen (secondary N) is 1. The van der Waals surface area contributed by atoms with Crippen molar-refractivity contribution in [3.05, 3.63) is 24.3 Å². The molecule has 0 radical (unpaired) electrons. The van der Waals surface area contributed by atoms with Gasteiger partial charge in [0.05, 0.1) is 0 Å². The van der Waals surface area contributed by atoms with Crippen LogP contribution in [0.25, 0.3) is 0 Å². The van der Waals surface area contributed by atoms with Crippen molar-refractivity contribution in [1.29, 1.82) is 0 Å². The molecule has 0 fully saturated rings. The van der Waals surface area contributed by atoms with Gasteiger partial charge in [0.25, 0.3) is 0 Å². The summed E-state index contributed by atoms with van der Waals surface area (Å²) < 4.78 is 1.89. The molecule has 0 amide bonds. The summed E-state index contributed by atoms with van der Waals surface area (Å²) in [6.45, 7) is 0.890. The van der Waals surface area contributed by atoms with Gasteiger partial charge in [-0.05, 0) is 12.5 Å². The van der Waals surface area contributed by atoms with Crippen LogP contribution in [-0.2, 0) is 13.0 Å². The van der Waals surface area contributed by atoms with E-state index in [1.807, 2.05) is 16.9 Å². The molecule has 6 nitrogen and oxygen atoms in total. The zero-order valence-corrected chi connectivity index (χ0v) is 7.09. The Morgan fingerprint density at radius 2 is 2.46 bits per heavy atom. The maximum atomic E-state index is 4.09. The number of H-pyrrole nitrogens is 1. The number of hydrogen-bond donors (Lipinski definition) is 1. The average Bonchev–Trinajstić information content (AvgIpc) is 2.75. The van der Waals surface area contributed by atoms with E-state index >= 15 is 0 Å². The summed E-state index contributed by atoms with van der Waals surface area (Å²) in [7, 11) is 0. The van der Waals surface area contributed by atoms with Crippen LogP contribution in [0.1, 0.15) is 12.2 Å². The van der Waals surface area contributed by atoms with E-state index in [1.165, 1.54) is 0 Å².